The molecule has 1 aromatic rings. The van der Waals surface area contributed by atoms with E-state index in [-0.39, 0.29) is 6.04 Å². The van der Waals surface area contributed by atoms with E-state index in [0.717, 1.165) is 10.6 Å². The van der Waals surface area contributed by atoms with Gasteiger partial charge in [-0.3, -0.25) is 0 Å². The lowest BCUT2D eigenvalue weighted by Crippen LogP contribution is -2.14. The molecule has 1 atom stereocenters. The van der Waals surface area contributed by atoms with Gasteiger partial charge in [0.25, 0.3) is 0 Å². The van der Waals surface area contributed by atoms with Gasteiger partial charge in [-0.15, -0.1) is 0 Å². The van der Waals surface area contributed by atoms with Gasteiger partial charge in [0.15, 0.2) is 0 Å². The molecule has 0 fully saturated rings. The minimum absolute atomic E-state index is 0.223. The van der Waals surface area contributed by atoms with Gasteiger partial charge in [0.05, 0.1) is 5.49 Å². The molecule has 0 saturated heterocycles. The fourth-order valence-corrected chi connectivity index (χ4v) is 1.38. The number of hydrogen-bond acceptors (Lipinski definition) is 1. The first-order valence-corrected chi connectivity index (χ1v) is 4.54. The summed E-state index contributed by atoms with van der Waals surface area (Å²) in [5.74, 6) is 0. The van der Waals surface area contributed by atoms with Crippen LogP contribution in [0.5, 0.6) is 0 Å². The van der Waals surface area contributed by atoms with E-state index in [1.165, 1.54) is 5.49 Å². The van der Waals surface area contributed by atoms with E-state index in [9.17, 15) is 0 Å². The zero-order valence-corrected chi connectivity index (χ0v) is 8.32. The van der Waals surface area contributed by atoms with Crippen molar-refractivity contribution in [2.45, 2.75) is 13.0 Å². The number of hydrogen-bond donors (Lipinski definition) is 1. The second-order valence-corrected chi connectivity index (χ2v) is 3.23. The lowest BCUT2D eigenvalue weighted by molar-refractivity contribution is 0.733. The van der Waals surface area contributed by atoms with Crippen molar-refractivity contribution in [2.24, 2.45) is 0 Å². The molecule has 1 rings (SSSR count). The molecule has 1 nitrogen and oxygen atoms in total. The highest BCUT2D eigenvalue weighted by Gasteiger charge is 2.01. The van der Waals surface area contributed by atoms with Gasteiger partial charge in [-0.2, -0.15) is 0 Å². The second kappa shape index (κ2) is 4.43. The molecule has 0 radical (unpaired) electrons. The molecule has 0 spiro atoms. The minimum atomic E-state index is 0.223. The van der Waals surface area contributed by atoms with Crippen LogP contribution < -0.4 is 5.32 Å². The highest BCUT2D eigenvalue weighted by atomic mass is 35.5. The summed E-state index contributed by atoms with van der Waals surface area (Å²) in [6.07, 6.45) is 0. The van der Waals surface area contributed by atoms with Crippen LogP contribution in [0.4, 0.5) is 0 Å². The SMILES string of the molecule is CC(NC=S)c1cccc(Cl)c1. The Labute approximate surface area is 82.7 Å². The van der Waals surface area contributed by atoms with Crippen LogP contribution in [0.15, 0.2) is 24.3 Å². The maximum absolute atomic E-state index is 5.83. The lowest BCUT2D eigenvalue weighted by atomic mass is 10.1. The molecule has 0 aliphatic heterocycles. The Hall–Kier alpha value is -0.600. The second-order valence-electron chi connectivity index (χ2n) is 2.56. The first kappa shape index (κ1) is 9.49. The van der Waals surface area contributed by atoms with Crippen molar-refractivity contribution in [1.29, 1.82) is 0 Å². The Kier molecular flexibility index (Phi) is 3.50. The van der Waals surface area contributed by atoms with Crippen molar-refractivity contribution in [1.82, 2.24) is 5.32 Å². The molecule has 1 N–H and O–H groups in total. The zero-order valence-electron chi connectivity index (χ0n) is 6.75. The van der Waals surface area contributed by atoms with Gasteiger partial charge in [-0.1, -0.05) is 36.0 Å². The molecule has 0 aliphatic carbocycles. The summed E-state index contributed by atoms with van der Waals surface area (Å²) in [5, 5.41) is 3.78. The van der Waals surface area contributed by atoms with E-state index in [0.29, 0.717) is 0 Å². The van der Waals surface area contributed by atoms with Gasteiger partial charge in [0.2, 0.25) is 0 Å². The molecule has 0 bridgehead atoms. The fraction of sp³-hybridized carbons (Fsp3) is 0.222. The predicted octanol–water partition coefficient (Wildman–Crippen LogP) is 2.95. The third-order valence-corrected chi connectivity index (χ3v) is 2.04. The first-order chi connectivity index (χ1) is 5.74. The van der Waals surface area contributed by atoms with E-state index >= 15 is 0 Å². The van der Waals surface area contributed by atoms with Crippen LogP contribution in [0.1, 0.15) is 18.5 Å². The molecule has 0 amide bonds. The number of nitrogens with one attached hydrogen (secondary N) is 1. The smallest absolute Gasteiger partial charge is 0.0619 e. The van der Waals surface area contributed by atoms with Gasteiger partial charge >= 0.3 is 0 Å². The Morgan fingerprint density at radius 3 is 2.92 bits per heavy atom. The summed E-state index contributed by atoms with van der Waals surface area (Å²) >= 11 is 10.5. The molecular weight excluding hydrogens is 190 g/mol. The van der Waals surface area contributed by atoms with Crippen LogP contribution in [0.2, 0.25) is 5.02 Å². The summed E-state index contributed by atoms with van der Waals surface area (Å²) in [6, 6.07) is 7.95. The first-order valence-electron chi connectivity index (χ1n) is 3.69. The molecule has 0 heterocycles. The van der Waals surface area contributed by atoms with E-state index < -0.39 is 0 Å². The van der Waals surface area contributed by atoms with Crippen LogP contribution in [0.3, 0.4) is 0 Å². The van der Waals surface area contributed by atoms with Gasteiger partial charge in [0, 0.05) is 11.1 Å². The summed E-state index contributed by atoms with van der Waals surface area (Å²) in [4.78, 5) is 0. The molecule has 1 unspecified atom stereocenters. The monoisotopic (exact) mass is 199 g/mol. The van der Waals surface area contributed by atoms with Crippen molar-refractivity contribution >= 4 is 29.3 Å². The number of rotatable bonds is 3. The van der Waals surface area contributed by atoms with E-state index in [1.54, 1.807) is 0 Å². The lowest BCUT2D eigenvalue weighted by Gasteiger charge is -2.10. The van der Waals surface area contributed by atoms with Crippen molar-refractivity contribution in [2.75, 3.05) is 0 Å². The molecule has 0 saturated carbocycles. The van der Waals surface area contributed by atoms with Gasteiger partial charge in [-0.25, -0.2) is 0 Å². The fourth-order valence-electron chi connectivity index (χ4n) is 0.974. The minimum Gasteiger partial charge on any atom is -0.376 e. The molecule has 64 valence electrons. The van der Waals surface area contributed by atoms with Gasteiger partial charge in [0.1, 0.15) is 0 Å². The van der Waals surface area contributed by atoms with Crippen molar-refractivity contribution in [3.63, 3.8) is 0 Å². The third-order valence-electron chi connectivity index (χ3n) is 1.67. The average molecular weight is 200 g/mol. The zero-order chi connectivity index (χ0) is 8.97. The quantitative estimate of drug-likeness (QED) is 0.752. The maximum Gasteiger partial charge on any atom is 0.0619 e. The van der Waals surface area contributed by atoms with Crippen LogP contribution in [0, 0.1) is 0 Å². The number of benzene rings is 1. The highest BCUT2D eigenvalue weighted by Crippen LogP contribution is 2.16. The summed E-state index contributed by atoms with van der Waals surface area (Å²) in [7, 11) is 0. The summed E-state index contributed by atoms with van der Waals surface area (Å²) < 4.78 is 0. The molecule has 0 aliphatic rings. The highest BCUT2D eigenvalue weighted by molar-refractivity contribution is 7.78. The molecule has 1 aromatic carbocycles. The molecule has 3 heteroatoms. The van der Waals surface area contributed by atoms with Crippen molar-refractivity contribution in [3.8, 4) is 0 Å². The maximum atomic E-state index is 5.83. The van der Waals surface area contributed by atoms with Crippen molar-refractivity contribution < 1.29 is 0 Å². The van der Waals surface area contributed by atoms with Crippen molar-refractivity contribution in [3.05, 3.63) is 34.9 Å². The van der Waals surface area contributed by atoms with Gasteiger partial charge in [-0.05, 0) is 24.6 Å². The number of thiocarbonyl (C=S) groups is 1. The standard InChI is InChI=1S/C9H10ClNS/c1-7(11-6-12)8-3-2-4-9(10)5-8/h2-7H,1H3,(H,11,12). The Morgan fingerprint density at radius 1 is 1.58 bits per heavy atom. The van der Waals surface area contributed by atoms with Crippen LogP contribution in [-0.2, 0) is 0 Å². The molecule has 12 heavy (non-hydrogen) atoms. The van der Waals surface area contributed by atoms with Crippen LogP contribution in [0.25, 0.3) is 0 Å². The molecule has 0 aromatic heterocycles. The Bertz CT molecular complexity index is 275. The summed E-state index contributed by atoms with van der Waals surface area (Å²) in [6.45, 7) is 2.04. The van der Waals surface area contributed by atoms with Crippen LogP contribution >= 0.6 is 23.8 Å². The van der Waals surface area contributed by atoms with E-state index in [1.807, 2.05) is 31.2 Å². The van der Waals surface area contributed by atoms with E-state index in [2.05, 4.69) is 5.32 Å². The third kappa shape index (κ3) is 2.47. The largest absolute Gasteiger partial charge is 0.376 e. The van der Waals surface area contributed by atoms with Gasteiger partial charge < -0.3 is 5.32 Å². The average Bonchev–Trinajstić information content (AvgIpc) is 2.05. The number of halogens is 1. The van der Waals surface area contributed by atoms with Crippen LogP contribution in [-0.4, -0.2) is 5.49 Å². The molecular formula is C9H10ClNS. The normalized spacial score (nSPS) is 12.2. The Morgan fingerprint density at radius 2 is 2.33 bits per heavy atom. The predicted molar refractivity (Wildman–Crippen MR) is 56.7 cm³/mol. The topological polar surface area (TPSA) is 12.0 Å². The van der Waals surface area contributed by atoms with E-state index in [4.69, 9.17) is 23.8 Å². The Balaban J connectivity index is 2.80. The summed E-state index contributed by atoms with van der Waals surface area (Å²) in [5.41, 5.74) is 2.66.